The Labute approximate surface area is 156 Å². The zero-order chi connectivity index (χ0) is 18.6. The minimum Gasteiger partial charge on any atom is -0.355 e. The first-order valence-electron chi connectivity index (χ1n) is 9.02. The zero-order valence-electron chi connectivity index (χ0n) is 15.0. The highest BCUT2D eigenvalue weighted by atomic mass is 16.5. The van der Waals surface area contributed by atoms with Gasteiger partial charge in [-0.2, -0.15) is 4.98 Å². The molecule has 27 heavy (non-hydrogen) atoms. The van der Waals surface area contributed by atoms with Gasteiger partial charge >= 0.3 is 0 Å². The second-order valence-electron chi connectivity index (χ2n) is 6.30. The van der Waals surface area contributed by atoms with E-state index in [1.807, 2.05) is 37.3 Å². The first kappa shape index (κ1) is 17.1. The summed E-state index contributed by atoms with van der Waals surface area (Å²) in [6.45, 7) is 3.33. The van der Waals surface area contributed by atoms with Crippen LogP contribution in [0.2, 0.25) is 0 Å². The van der Waals surface area contributed by atoms with Gasteiger partial charge in [-0.25, -0.2) is 9.97 Å². The summed E-state index contributed by atoms with van der Waals surface area (Å²) in [5.74, 6) is 1.38. The summed E-state index contributed by atoms with van der Waals surface area (Å²) in [6.07, 6.45) is 4.77. The average Bonchev–Trinajstić information content (AvgIpc) is 3.38. The smallest absolute Gasteiger partial charge is 0.257 e. The molecule has 1 atom stereocenters. The zero-order valence-corrected chi connectivity index (χ0v) is 15.0. The van der Waals surface area contributed by atoms with Crippen molar-refractivity contribution in [1.29, 1.82) is 0 Å². The molecule has 8 heteroatoms. The van der Waals surface area contributed by atoms with Gasteiger partial charge in [-0.05, 0) is 19.8 Å². The Balaban J connectivity index is 1.54. The number of aromatic nitrogens is 4. The quantitative estimate of drug-likeness (QED) is 0.743. The molecule has 3 aromatic rings. The van der Waals surface area contributed by atoms with E-state index in [4.69, 9.17) is 4.52 Å². The van der Waals surface area contributed by atoms with Gasteiger partial charge in [0, 0.05) is 31.0 Å². The third-order valence-corrected chi connectivity index (χ3v) is 4.51. The number of nitrogens with one attached hydrogen (secondary N) is 1. The van der Waals surface area contributed by atoms with E-state index in [2.05, 4.69) is 25.4 Å². The molecule has 0 radical (unpaired) electrons. The number of rotatable bonds is 5. The average molecular weight is 364 g/mol. The highest BCUT2D eigenvalue weighted by Gasteiger charge is 2.34. The van der Waals surface area contributed by atoms with Crippen molar-refractivity contribution >= 4 is 11.9 Å². The van der Waals surface area contributed by atoms with E-state index < -0.39 is 0 Å². The van der Waals surface area contributed by atoms with Crippen LogP contribution in [-0.2, 0) is 0 Å². The minimum atomic E-state index is -0.226. The summed E-state index contributed by atoms with van der Waals surface area (Å²) in [6, 6.07) is 9.41. The van der Waals surface area contributed by atoms with E-state index in [-0.39, 0.29) is 11.9 Å². The fourth-order valence-corrected chi connectivity index (χ4v) is 3.20. The van der Waals surface area contributed by atoms with Crippen LogP contribution in [0.25, 0.3) is 11.4 Å². The molecule has 1 N–H and O–H groups in total. The predicted octanol–water partition coefficient (Wildman–Crippen LogP) is 2.94. The number of carbonyl (C=O) groups excluding carboxylic acids is 1. The maximum Gasteiger partial charge on any atom is 0.257 e. The van der Waals surface area contributed by atoms with Crippen molar-refractivity contribution in [2.24, 2.45) is 0 Å². The van der Waals surface area contributed by atoms with Crippen molar-refractivity contribution in [2.75, 3.05) is 18.4 Å². The molecule has 1 aliphatic rings. The Morgan fingerprint density at radius 3 is 2.78 bits per heavy atom. The van der Waals surface area contributed by atoms with Gasteiger partial charge in [0.15, 0.2) is 0 Å². The van der Waals surface area contributed by atoms with Crippen LogP contribution in [0.5, 0.6) is 0 Å². The number of benzene rings is 1. The van der Waals surface area contributed by atoms with E-state index >= 15 is 0 Å². The maximum absolute atomic E-state index is 12.9. The van der Waals surface area contributed by atoms with E-state index in [0.29, 0.717) is 29.8 Å². The highest BCUT2D eigenvalue weighted by Crippen LogP contribution is 2.33. The Bertz CT molecular complexity index is 909. The van der Waals surface area contributed by atoms with E-state index in [0.717, 1.165) is 24.9 Å². The van der Waals surface area contributed by atoms with Gasteiger partial charge in [-0.1, -0.05) is 35.5 Å². The van der Waals surface area contributed by atoms with E-state index in [1.54, 1.807) is 17.3 Å². The molecular formula is C19H20N6O2. The third kappa shape index (κ3) is 3.51. The number of hydrogen-bond acceptors (Lipinski definition) is 7. The van der Waals surface area contributed by atoms with Crippen LogP contribution in [0.15, 0.2) is 47.2 Å². The molecule has 0 bridgehead atoms. The van der Waals surface area contributed by atoms with Gasteiger partial charge in [-0.15, -0.1) is 0 Å². The molecular weight excluding hydrogens is 344 g/mol. The molecule has 0 spiro atoms. The molecule has 8 nitrogen and oxygen atoms in total. The summed E-state index contributed by atoms with van der Waals surface area (Å²) < 4.78 is 5.47. The largest absolute Gasteiger partial charge is 0.355 e. The molecule has 0 unspecified atom stereocenters. The topological polar surface area (TPSA) is 97.0 Å². The number of carbonyl (C=O) groups is 1. The Hall–Kier alpha value is -3.29. The van der Waals surface area contributed by atoms with Crippen molar-refractivity contribution < 1.29 is 9.32 Å². The number of hydrogen-bond donors (Lipinski definition) is 1. The Kier molecular flexibility index (Phi) is 4.78. The van der Waals surface area contributed by atoms with Crippen molar-refractivity contribution in [3.05, 3.63) is 54.2 Å². The van der Waals surface area contributed by atoms with Crippen molar-refractivity contribution in [3.63, 3.8) is 0 Å². The molecule has 1 fully saturated rings. The number of likely N-dealkylation sites (tertiary alicyclic amines) is 1. The van der Waals surface area contributed by atoms with Crippen molar-refractivity contribution in [1.82, 2.24) is 25.0 Å². The minimum absolute atomic E-state index is 0.125. The first-order valence-corrected chi connectivity index (χ1v) is 9.02. The molecule has 1 aliphatic heterocycles. The van der Waals surface area contributed by atoms with Gasteiger partial charge in [0.05, 0.1) is 5.56 Å². The monoisotopic (exact) mass is 364 g/mol. The summed E-state index contributed by atoms with van der Waals surface area (Å²) in [5.41, 5.74) is 1.34. The highest BCUT2D eigenvalue weighted by molar-refractivity contribution is 5.94. The summed E-state index contributed by atoms with van der Waals surface area (Å²) in [5, 5.41) is 7.09. The number of nitrogens with zero attached hydrogens (tertiary/aromatic N) is 5. The van der Waals surface area contributed by atoms with Crippen LogP contribution >= 0.6 is 0 Å². The van der Waals surface area contributed by atoms with E-state index in [9.17, 15) is 4.79 Å². The SMILES string of the molecule is CCNc1ncc(C(=O)N2CCC[C@@H]2c2nc(-c3ccccc3)no2)cn1. The van der Waals surface area contributed by atoms with Crippen molar-refractivity contribution in [3.8, 4) is 11.4 Å². The van der Waals surface area contributed by atoms with Gasteiger partial charge in [-0.3, -0.25) is 4.79 Å². The number of anilines is 1. The fraction of sp³-hybridized carbons (Fsp3) is 0.316. The van der Waals surface area contributed by atoms with Crippen LogP contribution < -0.4 is 5.32 Å². The van der Waals surface area contributed by atoms with Gasteiger partial charge in [0.25, 0.3) is 5.91 Å². The molecule has 1 saturated heterocycles. The lowest BCUT2D eigenvalue weighted by Gasteiger charge is -2.21. The summed E-state index contributed by atoms with van der Waals surface area (Å²) in [7, 11) is 0. The molecule has 1 aromatic carbocycles. The predicted molar refractivity (Wildman–Crippen MR) is 98.9 cm³/mol. The summed E-state index contributed by atoms with van der Waals surface area (Å²) in [4.78, 5) is 27.5. The van der Waals surface area contributed by atoms with Crippen LogP contribution in [0.4, 0.5) is 5.95 Å². The molecule has 2 aromatic heterocycles. The molecule has 1 amide bonds. The lowest BCUT2D eigenvalue weighted by Crippen LogP contribution is -2.31. The van der Waals surface area contributed by atoms with E-state index in [1.165, 1.54) is 0 Å². The maximum atomic E-state index is 12.9. The normalized spacial score (nSPS) is 16.5. The molecule has 0 aliphatic carbocycles. The Morgan fingerprint density at radius 2 is 2.04 bits per heavy atom. The standard InChI is InChI=1S/C19H20N6O2/c1-2-20-19-21-11-14(12-22-19)18(26)25-10-6-9-15(25)17-23-16(24-27-17)13-7-4-3-5-8-13/h3-5,7-8,11-12,15H,2,6,9-10H2,1H3,(H,20,21,22)/t15-/m1/s1. The first-order chi connectivity index (χ1) is 13.3. The Morgan fingerprint density at radius 1 is 1.26 bits per heavy atom. The lowest BCUT2D eigenvalue weighted by molar-refractivity contribution is 0.0709. The van der Waals surface area contributed by atoms with Gasteiger partial charge < -0.3 is 14.7 Å². The number of amides is 1. The lowest BCUT2D eigenvalue weighted by atomic mass is 10.2. The van der Waals surface area contributed by atoms with Gasteiger partial charge in [0.2, 0.25) is 17.7 Å². The van der Waals surface area contributed by atoms with Crippen molar-refractivity contribution in [2.45, 2.75) is 25.8 Å². The molecule has 4 rings (SSSR count). The van der Waals surface area contributed by atoms with Crippen LogP contribution in [0.3, 0.4) is 0 Å². The second kappa shape index (κ2) is 7.53. The summed E-state index contributed by atoms with van der Waals surface area (Å²) >= 11 is 0. The molecule has 0 saturated carbocycles. The van der Waals surface area contributed by atoms with Gasteiger partial charge in [0.1, 0.15) is 6.04 Å². The van der Waals surface area contributed by atoms with Crippen LogP contribution in [-0.4, -0.2) is 44.0 Å². The molecule has 138 valence electrons. The third-order valence-electron chi connectivity index (χ3n) is 4.51. The van der Waals surface area contributed by atoms with Crippen LogP contribution in [0.1, 0.15) is 42.1 Å². The fourth-order valence-electron chi connectivity index (χ4n) is 3.20. The molecule has 3 heterocycles. The van der Waals surface area contributed by atoms with Crippen LogP contribution in [0, 0.1) is 0 Å². The second-order valence-corrected chi connectivity index (χ2v) is 6.30.